The van der Waals surface area contributed by atoms with Crippen LogP contribution in [0.3, 0.4) is 0 Å². The maximum Gasteiger partial charge on any atom is 0.373 e. The first kappa shape index (κ1) is 10.4. The maximum atomic E-state index is 10.8. The van der Waals surface area contributed by atoms with Crippen molar-refractivity contribution in [3.63, 3.8) is 0 Å². The van der Waals surface area contributed by atoms with Gasteiger partial charge < -0.3 is 0 Å². The summed E-state index contributed by atoms with van der Waals surface area (Å²) >= 11 is 0. The van der Waals surface area contributed by atoms with Crippen LogP contribution in [0.15, 0.2) is 11.0 Å². The first-order valence-electron chi connectivity index (χ1n) is 3.39. The number of hydrogen-bond acceptors (Lipinski definition) is 3. The molecule has 5 nitrogen and oxygen atoms in total. The van der Waals surface area contributed by atoms with Crippen LogP contribution in [0.25, 0.3) is 0 Å². The van der Waals surface area contributed by atoms with Crippen molar-refractivity contribution < 1.29 is 9.59 Å². The molecule has 0 aliphatic heterocycles. The van der Waals surface area contributed by atoms with E-state index in [-0.39, 0.29) is 11.7 Å². The van der Waals surface area contributed by atoms with E-state index >= 15 is 0 Å². The van der Waals surface area contributed by atoms with Gasteiger partial charge in [-0.1, -0.05) is 6.92 Å². The Morgan fingerprint density at radius 2 is 2.08 bits per heavy atom. The quantitative estimate of drug-likeness (QED) is 0.628. The fourth-order valence-electron chi connectivity index (χ4n) is 0.808. The molecule has 5 heteroatoms. The third-order valence-electron chi connectivity index (χ3n) is 1.30. The summed E-state index contributed by atoms with van der Waals surface area (Å²) in [6.07, 6.45) is 2.86. The van der Waals surface area contributed by atoms with E-state index in [9.17, 15) is 4.79 Å². The van der Waals surface area contributed by atoms with E-state index in [1.165, 1.54) is 0 Å². The van der Waals surface area contributed by atoms with Crippen molar-refractivity contribution in [3.8, 4) is 0 Å². The minimum absolute atomic E-state index is 0.0278. The van der Waals surface area contributed by atoms with Crippen LogP contribution in [-0.4, -0.2) is 15.9 Å². The van der Waals surface area contributed by atoms with Gasteiger partial charge in [-0.3, -0.25) is 14.6 Å². The zero-order chi connectivity index (χ0) is 9.56. The molecule has 0 aromatic carbocycles. The van der Waals surface area contributed by atoms with E-state index < -0.39 is 0 Å². The molecule has 1 aromatic heterocycles. The van der Waals surface area contributed by atoms with Crippen molar-refractivity contribution in [3.05, 3.63) is 22.1 Å². The minimum Gasteiger partial charge on any atom is -0.295 e. The van der Waals surface area contributed by atoms with E-state index in [1.807, 2.05) is 13.1 Å². The van der Waals surface area contributed by atoms with E-state index in [4.69, 9.17) is 9.59 Å². The highest BCUT2D eigenvalue weighted by Gasteiger charge is 1.95. The first-order valence-corrected chi connectivity index (χ1v) is 3.39. The molecule has 0 bridgehead atoms. The molecule has 0 fully saturated rings. The normalized spacial score (nSPS) is 8.17. The highest BCUT2D eigenvalue weighted by atomic mass is 16.2. The second-order valence-electron chi connectivity index (χ2n) is 2.14. The second kappa shape index (κ2) is 5.09. The smallest absolute Gasteiger partial charge is 0.295 e. The van der Waals surface area contributed by atoms with Gasteiger partial charge in [0.05, 0.1) is 0 Å². The largest absolute Gasteiger partial charge is 0.373 e. The zero-order valence-electron chi connectivity index (χ0n) is 6.96. The van der Waals surface area contributed by atoms with E-state index in [0.717, 1.165) is 12.0 Å². The summed E-state index contributed by atoms with van der Waals surface area (Å²) in [6.45, 7) is 1.96. The fourth-order valence-corrected chi connectivity index (χ4v) is 0.808. The molecule has 0 atom stereocenters. The molecule has 12 heavy (non-hydrogen) atoms. The molecule has 66 valence electrons. The molecule has 1 aromatic rings. The van der Waals surface area contributed by atoms with Crippen LogP contribution in [0.4, 0.5) is 0 Å². The standard InChI is InChI=1S/C6H10N2O.CO2/c1-3-5-4-8(2)7-6(5)9;2-1-3/h4H,3H2,1-2H3,(H,7,9);. The Kier molecular flexibility index (Phi) is 4.41. The van der Waals surface area contributed by atoms with Crippen molar-refractivity contribution in [2.45, 2.75) is 13.3 Å². The highest BCUT2D eigenvalue weighted by molar-refractivity contribution is 5.20. The van der Waals surface area contributed by atoms with Crippen molar-refractivity contribution in [1.82, 2.24) is 9.78 Å². The summed E-state index contributed by atoms with van der Waals surface area (Å²) in [4.78, 5) is 27.0. The summed E-state index contributed by atoms with van der Waals surface area (Å²) in [7, 11) is 1.81. The van der Waals surface area contributed by atoms with Crippen molar-refractivity contribution >= 4 is 6.15 Å². The van der Waals surface area contributed by atoms with E-state index in [2.05, 4.69) is 5.10 Å². The lowest BCUT2D eigenvalue weighted by Gasteiger charge is -1.82. The van der Waals surface area contributed by atoms with E-state index in [0.29, 0.717) is 0 Å². The van der Waals surface area contributed by atoms with Crippen LogP contribution < -0.4 is 5.56 Å². The number of aromatic nitrogens is 2. The molecular weight excluding hydrogens is 160 g/mol. The molecule has 0 saturated heterocycles. The van der Waals surface area contributed by atoms with Gasteiger partial charge in [0.25, 0.3) is 5.56 Å². The molecule has 0 radical (unpaired) electrons. The van der Waals surface area contributed by atoms with Gasteiger partial charge in [-0.05, 0) is 6.42 Å². The Balaban J connectivity index is 0.000000354. The number of rotatable bonds is 1. The van der Waals surface area contributed by atoms with Crippen LogP contribution in [0.1, 0.15) is 12.5 Å². The molecule has 1 N–H and O–H groups in total. The number of H-pyrrole nitrogens is 1. The monoisotopic (exact) mass is 170 g/mol. The fraction of sp³-hybridized carbons (Fsp3) is 0.429. The number of aromatic amines is 1. The van der Waals surface area contributed by atoms with Gasteiger partial charge in [0.15, 0.2) is 0 Å². The SMILES string of the molecule is CCc1cn(C)[nH]c1=O.O=C=O. The van der Waals surface area contributed by atoms with Gasteiger partial charge in [0.2, 0.25) is 0 Å². The molecule has 0 unspecified atom stereocenters. The van der Waals surface area contributed by atoms with Gasteiger partial charge >= 0.3 is 6.15 Å². The molecule has 1 rings (SSSR count). The van der Waals surface area contributed by atoms with Gasteiger partial charge in [0.1, 0.15) is 0 Å². The molecule has 1 heterocycles. The molecule has 0 aliphatic rings. The van der Waals surface area contributed by atoms with Crippen LogP contribution in [0.2, 0.25) is 0 Å². The zero-order valence-corrected chi connectivity index (χ0v) is 6.96. The average molecular weight is 170 g/mol. The van der Waals surface area contributed by atoms with E-state index in [1.54, 1.807) is 11.7 Å². The third kappa shape index (κ3) is 2.98. The molecule has 0 amide bonds. The summed E-state index contributed by atoms with van der Waals surface area (Å²) in [5.41, 5.74) is 0.873. The Morgan fingerprint density at radius 1 is 1.58 bits per heavy atom. The molecular formula is C7H10N2O3. The molecule has 0 spiro atoms. The summed E-state index contributed by atoms with van der Waals surface area (Å²) in [6, 6.07) is 0. The van der Waals surface area contributed by atoms with Gasteiger partial charge in [-0.25, -0.2) is 0 Å². The highest BCUT2D eigenvalue weighted by Crippen LogP contribution is 1.87. The minimum atomic E-state index is 0.0278. The van der Waals surface area contributed by atoms with Crippen molar-refractivity contribution in [2.75, 3.05) is 0 Å². The topological polar surface area (TPSA) is 71.9 Å². The van der Waals surface area contributed by atoms with Crippen molar-refractivity contribution in [2.24, 2.45) is 7.05 Å². The molecule has 0 saturated carbocycles. The second-order valence-corrected chi connectivity index (χ2v) is 2.14. The Morgan fingerprint density at radius 3 is 2.25 bits per heavy atom. The van der Waals surface area contributed by atoms with Gasteiger partial charge in [0, 0.05) is 18.8 Å². The van der Waals surface area contributed by atoms with Crippen LogP contribution in [0.5, 0.6) is 0 Å². The number of hydrogen-bond donors (Lipinski definition) is 1. The Bertz CT molecular complexity index is 318. The maximum absolute atomic E-state index is 10.8. The van der Waals surface area contributed by atoms with Crippen LogP contribution in [-0.2, 0) is 23.1 Å². The predicted molar refractivity (Wildman–Crippen MR) is 40.4 cm³/mol. The molecule has 0 aliphatic carbocycles. The predicted octanol–water partition coefficient (Wildman–Crippen LogP) is -0.308. The summed E-state index contributed by atoms with van der Waals surface area (Å²) in [5, 5.41) is 2.62. The Labute approximate surface area is 69.0 Å². The number of nitrogens with zero attached hydrogens (tertiary/aromatic N) is 1. The van der Waals surface area contributed by atoms with Gasteiger partial charge in [-0.15, -0.1) is 0 Å². The lowest BCUT2D eigenvalue weighted by Crippen LogP contribution is -2.05. The third-order valence-corrected chi connectivity index (χ3v) is 1.30. The number of nitrogens with one attached hydrogen (secondary N) is 1. The number of carbonyl (C=O) groups excluding carboxylic acids is 2. The van der Waals surface area contributed by atoms with Gasteiger partial charge in [-0.2, -0.15) is 9.59 Å². The average Bonchev–Trinajstić information content (AvgIpc) is 2.31. The summed E-state index contributed by atoms with van der Waals surface area (Å²) in [5.74, 6) is 0. The Hall–Kier alpha value is -1.61. The van der Waals surface area contributed by atoms with Crippen molar-refractivity contribution in [1.29, 1.82) is 0 Å². The number of aryl methyl sites for hydroxylation is 2. The summed E-state index contributed by atoms with van der Waals surface area (Å²) < 4.78 is 1.67. The lowest BCUT2D eigenvalue weighted by atomic mass is 10.3. The lowest BCUT2D eigenvalue weighted by molar-refractivity contribution is -0.191. The van der Waals surface area contributed by atoms with Crippen LogP contribution >= 0.6 is 0 Å². The first-order chi connectivity index (χ1) is 5.65. The van der Waals surface area contributed by atoms with Crippen LogP contribution in [0, 0.1) is 0 Å².